The Morgan fingerprint density at radius 2 is 1.79 bits per heavy atom. The van der Waals surface area contributed by atoms with Gasteiger partial charge in [0.15, 0.2) is 0 Å². The van der Waals surface area contributed by atoms with E-state index in [1.807, 2.05) is 30.7 Å². The molecule has 0 aliphatic heterocycles. The molecule has 1 atom stereocenters. The first-order valence-electron chi connectivity index (χ1n) is 12.4. The van der Waals surface area contributed by atoms with Gasteiger partial charge < -0.3 is 14.8 Å². The summed E-state index contributed by atoms with van der Waals surface area (Å²) in [5.74, 6) is 0.0662. The molecule has 0 radical (unpaired) electrons. The number of hydrogen-bond acceptors (Lipinski definition) is 3. The molecule has 2 aromatic heterocycles. The van der Waals surface area contributed by atoms with E-state index in [4.69, 9.17) is 0 Å². The van der Waals surface area contributed by atoms with Crippen LogP contribution >= 0.6 is 0 Å². The van der Waals surface area contributed by atoms with Crippen LogP contribution in [0, 0.1) is 11.7 Å². The van der Waals surface area contributed by atoms with Gasteiger partial charge in [0.25, 0.3) is 0 Å². The molecule has 34 heavy (non-hydrogen) atoms. The fourth-order valence-electron chi connectivity index (χ4n) is 5.35. The Kier molecular flexibility index (Phi) is 7.52. The molecule has 1 fully saturated rings. The normalized spacial score (nSPS) is 20.3. The van der Waals surface area contributed by atoms with Crippen molar-refractivity contribution in [2.75, 3.05) is 14.1 Å². The molecule has 1 N–H and O–H groups in total. The molecule has 2 heterocycles. The number of pyridine rings is 1. The predicted octanol–water partition coefficient (Wildman–Crippen LogP) is 6.93. The van der Waals surface area contributed by atoms with Gasteiger partial charge in [-0.2, -0.15) is 0 Å². The molecule has 4 rings (SSSR count). The molecule has 1 aromatic carbocycles. The zero-order valence-corrected chi connectivity index (χ0v) is 20.9. The van der Waals surface area contributed by atoms with Crippen LogP contribution in [0.3, 0.4) is 0 Å². The highest BCUT2D eigenvalue weighted by atomic mass is 19.1. The van der Waals surface area contributed by atoms with Crippen molar-refractivity contribution in [3.63, 3.8) is 0 Å². The highest BCUT2D eigenvalue weighted by Crippen LogP contribution is 2.41. The number of rotatable bonds is 8. The van der Waals surface area contributed by atoms with E-state index < -0.39 is 0 Å². The third-order valence-electron chi connectivity index (χ3n) is 7.48. The number of aromatic nitrogens is 2. The number of nitrogens with one attached hydrogen (secondary N) is 1. The largest absolute Gasteiger partial charge is 0.346 e. The minimum Gasteiger partial charge on any atom is -0.346 e. The average molecular weight is 461 g/mol. The molecule has 3 aromatic rings. The van der Waals surface area contributed by atoms with Gasteiger partial charge in [-0.15, -0.1) is 0 Å². The van der Waals surface area contributed by atoms with Crippen molar-refractivity contribution in [1.82, 2.24) is 19.8 Å². The van der Waals surface area contributed by atoms with E-state index in [2.05, 4.69) is 66.4 Å². The van der Waals surface area contributed by atoms with Crippen molar-refractivity contribution in [3.8, 4) is 0 Å². The molecule has 1 saturated carbocycles. The van der Waals surface area contributed by atoms with Gasteiger partial charge in [-0.1, -0.05) is 32.6 Å². The van der Waals surface area contributed by atoms with Gasteiger partial charge in [0.1, 0.15) is 11.5 Å². The first kappa shape index (κ1) is 24.2. The minimum absolute atomic E-state index is 0.215. The van der Waals surface area contributed by atoms with Crippen LogP contribution in [-0.2, 0) is 0 Å². The summed E-state index contributed by atoms with van der Waals surface area (Å²) in [7, 11) is 4.35. The number of nitrogens with zero attached hydrogens (tertiary/aromatic N) is 3. The maximum atomic E-state index is 13.9. The van der Waals surface area contributed by atoms with E-state index in [9.17, 15) is 4.39 Å². The van der Waals surface area contributed by atoms with E-state index in [1.165, 1.54) is 18.4 Å². The van der Waals surface area contributed by atoms with Crippen molar-refractivity contribution < 1.29 is 4.39 Å². The lowest BCUT2D eigenvalue weighted by Gasteiger charge is -2.41. The molecular formula is C29H37FN4. The van der Waals surface area contributed by atoms with Crippen molar-refractivity contribution in [2.24, 2.45) is 5.92 Å². The van der Waals surface area contributed by atoms with Gasteiger partial charge in [0.05, 0.1) is 5.70 Å². The van der Waals surface area contributed by atoms with Gasteiger partial charge in [0, 0.05) is 35.4 Å². The van der Waals surface area contributed by atoms with Gasteiger partial charge in [0.2, 0.25) is 0 Å². The Morgan fingerprint density at radius 3 is 2.41 bits per heavy atom. The average Bonchev–Trinajstić information content (AvgIpc) is 3.34. The molecule has 1 aliphatic rings. The van der Waals surface area contributed by atoms with Crippen molar-refractivity contribution in [3.05, 3.63) is 78.5 Å². The molecule has 5 heteroatoms. The van der Waals surface area contributed by atoms with Crippen LogP contribution < -0.4 is 0 Å². The zero-order chi connectivity index (χ0) is 24.2. The second-order valence-corrected chi connectivity index (χ2v) is 9.69. The second-order valence-electron chi connectivity index (χ2n) is 9.69. The van der Waals surface area contributed by atoms with E-state index in [1.54, 1.807) is 12.1 Å². The first-order chi connectivity index (χ1) is 16.4. The summed E-state index contributed by atoms with van der Waals surface area (Å²) in [6.45, 7) is 8.75. The Labute approximate surface area is 203 Å². The number of fused-ring (bicyclic) bond motifs is 1. The third-order valence-corrected chi connectivity index (χ3v) is 7.48. The number of benzene rings is 1. The maximum Gasteiger partial charge on any atom is 0.137 e. The van der Waals surface area contributed by atoms with E-state index >= 15 is 0 Å². The quantitative estimate of drug-likeness (QED) is 0.396. The Hall–Kier alpha value is -2.92. The number of halogens is 1. The van der Waals surface area contributed by atoms with E-state index in [-0.39, 0.29) is 11.7 Å². The van der Waals surface area contributed by atoms with Crippen molar-refractivity contribution in [1.29, 1.82) is 0 Å². The molecule has 0 amide bonds. The summed E-state index contributed by atoms with van der Waals surface area (Å²) in [5, 5.41) is 1.09. The second kappa shape index (κ2) is 10.6. The Morgan fingerprint density at radius 1 is 1.12 bits per heavy atom. The maximum absolute atomic E-state index is 13.9. The number of hydrogen-bond donors (Lipinski definition) is 1. The van der Waals surface area contributed by atoms with Crippen molar-refractivity contribution >= 4 is 22.3 Å². The van der Waals surface area contributed by atoms with Crippen LogP contribution in [0.4, 0.5) is 4.39 Å². The number of allylic oxidation sites excluding steroid dienone is 1. The topological polar surface area (TPSA) is 35.2 Å². The lowest BCUT2D eigenvalue weighted by molar-refractivity contribution is 0.179. The fraction of sp³-hybridized carbons (Fsp3) is 0.414. The molecule has 0 bridgehead atoms. The minimum atomic E-state index is -0.215. The first-order valence-corrected chi connectivity index (χ1v) is 12.4. The standard InChI is InChI=1S/C29H37FN4/c1-6-20(3)27(21-8-10-22(30)11-9-21)28(25-16-18-31-29-26(25)17-19-32-29)34(7-2)24-14-12-23(13-15-24)33(4)5/h7-11,16-20,23-24H,2,6,12-15H2,1,3-5H3,(H,31,32)/b28-27+. The summed E-state index contributed by atoms with van der Waals surface area (Å²) in [6.07, 6.45) is 11.4. The number of aromatic amines is 1. The molecular weight excluding hydrogens is 423 g/mol. The Bertz CT molecular complexity index is 1140. The monoisotopic (exact) mass is 460 g/mol. The predicted molar refractivity (Wildman–Crippen MR) is 141 cm³/mol. The van der Waals surface area contributed by atoms with Crippen LogP contribution in [0.15, 0.2) is 61.6 Å². The van der Waals surface area contributed by atoms with Crippen LogP contribution in [0.2, 0.25) is 0 Å². The summed E-state index contributed by atoms with van der Waals surface area (Å²) in [6, 6.07) is 12.2. The van der Waals surface area contributed by atoms with Gasteiger partial charge in [-0.05, 0) is 93.7 Å². The van der Waals surface area contributed by atoms with Gasteiger partial charge in [-0.3, -0.25) is 0 Å². The lowest BCUT2D eigenvalue weighted by Crippen LogP contribution is -2.39. The third kappa shape index (κ3) is 4.80. The van der Waals surface area contributed by atoms with Crippen LogP contribution in [-0.4, -0.2) is 45.9 Å². The summed E-state index contributed by atoms with van der Waals surface area (Å²) in [4.78, 5) is 12.6. The zero-order valence-electron chi connectivity index (χ0n) is 20.9. The molecule has 1 unspecified atom stereocenters. The van der Waals surface area contributed by atoms with Crippen LogP contribution in [0.25, 0.3) is 22.3 Å². The lowest BCUT2D eigenvalue weighted by atomic mass is 9.84. The fourth-order valence-corrected chi connectivity index (χ4v) is 5.35. The van der Waals surface area contributed by atoms with Crippen molar-refractivity contribution in [2.45, 2.75) is 58.0 Å². The molecule has 180 valence electrons. The van der Waals surface area contributed by atoms with Crippen LogP contribution in [0.5, 0.6) is 0 Å². The summed E-state index contributed by atoms with van der Waals surface area (Å²) in [5.41, 5.74) is 5.46. The van der Waals surface area contributed by atoms with E-state index in [0.29, 0.717) is 12.1 Å². The summed E-state index contributed by atoms with van der Waals surface area (Å²) >= 11 is 0. The smallest absolute Gasteiger partial charge is 0.137 e. The highest BCUT2D eigenvalue weighted by molar-refractivity contribution is 5.99. The van der Waals surface area contributed by atoms with Gasteiger partial charge >= 0.3 is 0 Å². The number of H-pyrrole nitrogens is 1. The van der Waals surface area contributed by atoms with E-state index in [0.717, 1.165) is 47.1 Å². The SMILES string of the molecule is C=CN(/C(=C(/c1ccc(F)cc1)C(C)CC)c1ccnc2[nH]ccc12)C1CCC(N(C)C)CC1. The molecule has 4 nitrogen and oxygen atoms in total. The van der Waals surface area contributed by atoms with Crippen LogP contribution in [0.1, 0.15) is 57.1 Å². The highest BCUT2D eigenvalue weighted by Gasteiger charge is 2.30. The summed E-state index contributed by atoms with van der Waals surface area (Å²) < 4.78 is 13.9. The Balaban J connectivity index is 1.93. The molecule has 0 saturated heterocycles. The molecule has 1 aliphatic carbocycles. The molecule has 0 spiro atoms. The van der Waals surface area contributed by atoms with Gasteiger partial charge in [-0.25, -0.2) is 9.37 Å².